The Labute approximate surface area is 345 Å². The zero-order valence-electron chi connectivity index (χ0n) is 33.5. The second-order valence-electron chi connectivity index (χ2n) is 15.9. The van der Waals surface area contributed by atoms with E-state index < -0.39 is 11.7 Å². The van der Waals surface area contributed by atoms with Crippen LogP contribution < -0.4 is 0 Å². The van der Waals surface area contributed by atoms with Gasteiger partial charge in [0.1, 0.15) is 0 Å². The Morgan fingerprint density at radius 3 is 1.40 bits per heavy atom. The van der Waals surface area contributed by atoms with Crippen molar-refractivity contribution in [3.05, 3.63) is 191 Å². The van der Waals surface area contributed by atoms with Gasteiger partial charge in [0.2, 0.25) is 0 Å². The molecular weight excluding hydrogens is 748 g/mol. The van der Waals surface area contributed by atoms with Gasteiger partial charge in [0.05, 0.1) is 50.6 Å². The smallest absolute Gasteiger partial charge is 0.309 e. The van der Waals surface area contributed by atoms with Crippen molar-refractivity contribution >= 4 is 43.6 Å². The first-order chi connectivity index (χ1) is 29.0. The molecule has 10 rings (SSSR count). The fraction of sp³-hybridized carbons (Fsp3) is 0.0926. The van der Waals surface area contributed by atoms with E-state index in [1.807, 2.05) is 75.9 Å². The summed E-state index contributed by atoms with van der Waals surface area (Å²) in [6, 6.07) is 53.0. The molecule has 2 heterocycles. The lowest BCUT2D eigenvalue weighted by Gasteiger charge is -2.23. The van der Waals surface area contributed by atoms with Crippen molar-refractivity contribution < 1.29 is 13.2 Å². The van der Waals surface area contributed by atoms with E-state index in [9.17, 15) is 5.26 Å². The molecule has 8 aromatic carbocycles. The number of nitriles is 1. The molecule has 3 nitrogen and oxygen atoms in total. The maximum atomic E-state index is 15.5. The number of nitrogens with zero attached hydrogens (tertiary/aromatic N) is 3. The molecule has 0 saturated heterocycles. The Hall–Kier alpha value is -7.36. The summed E-state index contributed by atoms with van der Waals surface area (Å²) in [6.07, 6.45) is -4.68. The van der Waals surface area contributed by atoms with Gasteiger partial charge in [0.15, 0.2) is 0 Å². The van der Waals surface area contributed by atoms with Crippen LogP contribution in [0, 0.1) is 39.0 Å². The molecule has 0 unspecified atom stereocenters. The first-order valence-corrected chi connectivity index (χ1v) is 20.0. The minimum Gasteiger partial charge on any atom is -0.309 e. The lowest BCUT2D eigenvalue weighted by molar-refractivity contribution is -0.137. The standard InChI is InChI=1S/C54H38F3N3/c1-32-16-20-41(34(3)24-32)37-18-22-49-45(27-37)43-12-5-7-14-47(43)59(49)51-29-40(54(55,56)57)30-52(53(51)39-11-9-10-36(26-39)31-58)60-48-15-8-6-13-44(48)46-28-38(19-23-50(46)60)42-21-17-33(2)25-35(42)4/h5-30H,1-4H3. The second-order valence-corrected chi connectivity index (χ2v) is 15.9. The Bertz CT molecular complexity index is 3240. The van der Waals surface area contributed by atoms with Crippen molar-refractivity contribution in [3.63, 3.8) is 0 Å². The van der Waals surface area contributed by atoms with Crippen molar-refractivity contribution in [1.29, 1.82) is 5.26 Å². The minimum absolute atomic E-state index is 0.359. The third-order valence-corrected chi connectivity index (χ3v) is 11.9. The molecule has 0 fully saturated rings. The van der Waals surface area contributed by atoms with Crippen molar-refractivity contribution in [2.75, 3.05) is 0 Å². The molecule has 0 N–H and O–H groups in total. The van der Waals surface area contributed by atoms with E-state index in [4.69, 9.17) is 0 Å². The molecule has 0 amide bonds. The van der Waals surface area contributed by atoms with E-state index in [2.05, 4.69) is 94.4 Å². The summed E-state index contributed by atoms with van der Waals surface area (Å²) in [5, 5.41) is 13.8. The van der Waals surface area contributed by atoms with Gasteiger partial charge < -0.3 is 9.13 Å². The number of hydrogen-bond acceptors (Lipinski definition) is 1. The molecule has 0 aliphatic carbocycles. The number of benzene rings is 8. The molecule has 290 valence electrons. The van der Waals surface area contributed by atoms with E-state index in [0.717, 1.165) is 77.0 Å². The Morgan fingerprint density at radius 1 is 0.450 bits per heavy atom. The average Bonchev–Trinajstić information content (AvgIpc) is 3.75. The summed E-state index contributed by atoms with van der Waals surface area (Å²) < 4.78 is 50.4. The lowest BCUT2D eigenvalue weighted by Crippen LogP contribution is -2.11. The molecule has 2 aromatic heterocycles. The van der Waals surface area contributed by atoms with Gasteiger partial charge in [-0.3, -0.25) is 0 Å². The van der Waals surface area contributed by atoms with Crippen LogP contribution in [0.5, 0.6) is 0 Å². The van der Waals surface area contributed by atoms with Crippen LogP contribution in [0.4, 0.5) is 13.2 Å². The molecule has 0 bridgehead atoms. The third-order valence-electron chi connectivity index (χ3n) is 11.9. The molecule has 0 saturated carbocycles. The zero-order chi connectivity index (χ0) is 41.4. The maximum absolute atomic E-state index is 15.5. The van der Waals surface area contributed by atoms with Crippen LogP contribution in [0.3, 0.4) is 0 Å². The molecule has 0 radical (unpaired) electrons. The molecule has 6 heteroatoms. The normalized spacial score (nSPS) is 11.9. The van der Waals surface area contributed by atoms with Gasteiger partial charge in [0, 0.05) is 27.1 Å². The quantitative estimate of drug-likeness (QED) is 0.171. The fourth-order valence-corrected chi connectivity index (χ4v) is 9.24. The number of fused-ring (bicyclic) bond motifs is 6. The van der Waals surface area contributed by atoms with Crippen LogP contribution in [0.1, 0.15) is 33.4 Å². The highest BCUT2D eigenvalue weighted by molar-refractivity contribution is 6.13. The van der Waals surface area contributed by atoms with Gasteiger partial charge >= 0.3 is 6.18 Å². The second kappa shape index (κ2) is 13.9. The number of hydrogen-bond donors (Lipinski definition) is 0. The van der Waals surface area contributed by atoms with Gasteiger partial charge in [0.25, 0.3) is 0 Å². The Morgan fingerprint density at radius 2 is 0.933 bits per heavy atom. The molecule has 10 aromatic rings. The molecule has 60 heavy (non-hydrogen) atoms. The van der Waals surface area contributed by atoms with Gasteiger partial charge in [-0.1, -0.05) is 108 Å². The van der Waals surface area contributed by atoms with E-state index in [1.54, 1.807) is 18.2 Å². The number of alkyl halides is 3. The highest BCUT2D eigenvalue weighted by atomic mass is 19.4. The zero-order valence-corrected chi connectivity index (χ0v) is 33.5. The van der Waals surface area contributed by atoms with E-state index in [1.165, 1.54) is 23.3 Å². The maximum Gasteiger partial charge on any atom is 0.416 e. The highest BCUT2D eigenvalue weighted by Crippen LogP contribution is 2.46. The number of aryl methyl sites for hydroxylation is 4. The summed E-state index contributed by atoms with van der Waals surface area (Å²) in [6.45, 7) is 8.34. The van der Waals surface area contributed by atoms with Gasteiger partial charge in [-0.15, -0.1) is 0 Å². The lowest BCUT2D eigenvalue weighted by atomic mass is 9.96. The highest BCUT2D eigenvalue weighted by Gasteiger charge is 2.34. The van der Waals surface area contributed by atoms with Crippen LogP contribution in [0.25, 0.3) is 88.4 Å². The minimum atomic E-state index is -4.68. The van der Waals surface area contributed by atoms with Crippen molar-refractivity contribution in [2.24, 2.45) is 0 Å². The number of para-hydroxylation sites is 2. The monoisotopic (exact) mass is 785 g/mol. The fourth-order valence-electron chi connectivity index (χ4n) is 9.24. The summed E-state index contributed by atoms with van der Waals surface area (Å²) in [4.78, 5) is 0. The number of halogens is 3. The molecular formula is C54H38F3N3. The first kappa shape index (κ1) is 36.9. The number of rotatable bonds is 5. The molecule has 0 aliphatic rings. The van der Waals surface area contributed by atoms with Crippen LogP contribution in [0.2, 0.25) is 0 Å². The summed E-state index contributed by atoms with van der Waals surface area (Å²) in [5.74, 6) is 0. The summed E-state index contributed by atoms with van der Waals surface area (Å²) >= 11 is 0. The van der Waals surface area contributed by atoms with E-state index in [-0.39, 0.29) is 0 Å². The first-order valence-electron chi connectivity index (χ1n) is 20.0. The predicted octanol–water partition coefficient (Wildman–Crippen LogP) is 15.0. The molecule has 0 aliphatic heterocycles. The topological polar surface area (TPSA) is 33.6 Å². The largest absolute Gasteiger partial charge is 0.416 e. The average molecular weight is 786 g/mol. The van der Waals surface area contributed by atoms with Gasteiger partial charge in [-0.05, 0) is 127 Å². The summed E-state index contributed by atoms with van der Waals surface area (Å²) in [5.41, 5.74) is 13.5. The molecule has 0 atom stereocenters. The third kappa shape index (κ3) is 5.96. The van der Waals surface area contributed by atoms with Crippen LogP contribution in [0.15, 0.2) is 158 Å². The Kier molecular flexibility index (Phi) is 8.55. The van der Waals surface area contributed by atoms with E-state index >= 15 is 13.2 Å². The van der Waals surface area contributed by atoms with Crippen molar-refractivity contribution in [1.82, 2.24) is 9.13 Å². The Balaban J connectivity index is 1.34. The van der Waals surface area contributed by atoms with Gasteiger partial charge in [-0.25, -0.2) is 0 Å². The van der Waals surface area contributed by atoms with Crippen molar-refractivity contribution in [3.8, 4) is 50.8 Å². The van der Waals surface area contributed by atoms with Crippen molar-refractivity contribution in [2.45, 2.75) is 33.9 Å². The number of aromatic nitrogens is 2. The van der Waals surface area contributed by atoms with Crippen LogP contribution >= 0.6 is 0 Å². The van der Waals surface area contributed by atoms with Crippen LogP contribution in [-0.4, -0.2) is 9.13 Å². The van der Waals surface area contributed by atoms with Crippen LogP contribution in [-0.2, 0) is 6.18 Å². The van der Waals surface area contributed by atoms with E-state index in [0.29, 0.717) is 28.1 Å². The summed E-state index contributed by atoms with van der Waals surface area (Å²) in [7, 11) is 0. The SMILES string of the molecule is Cc1ccc(-c2ccc3c(c2)c2ccccc2n3-c2cc(C(F)(F)F)cc(-n3c4ccccc4c4cc(-c5ccc(C)cc5C)ccc43)c2-c2cccc(C#N)c2)c(C)c1. The molecule has 0 spiro atoms. The predicted molar refractivity (Wildman–Crippen MR) is 240 cm³/mol. The van der Waals surface area contributed by atoms with Gasteiger partial charge in [-0.2, -0.15) is 18.4 Å².